The van der Waals surface area contributed by atoms with Crippen LogP contribution in [0.2, 0.25) is 0 Å². The van der Waals surface area contributed by atoms with Crippen molar-refractivity contribution in [1.29, 1.82) is 0 Å². The van der Waals surface area contributed by atoms with E-state index in [2.05, 4.69) is 0 Å². The predicted molar refractivity (Wildman–Crippen MR) is 101 cm³/mol. The molecule has 0 radical (unpaired) electrons. The normalized spacial score (nSPS) is 19.7. The average molecular weight is 394 g/mol. The van der Waals surface area contributed by atoms with Crippen molar-refractivity contribution in [2.75, 3.05) is 54.3 Å². The van der Waals surface area contributed by atoms with Gasteiger partial charge in [-0.3, -0.25) is 19.4 Å². The Morgan fingerprint density at radius 1 is 1.07 bits per heavy atom. The molecule has 0 aromatic heterocycles. The molecule has 0 atom stereocenters. The standard InChI is InChI=1S/C18H22N2O6S/c1-23-13-8-12(9-14(24-2)16(13)25-3)10-15-17(21)20(18(22)27-15)11-19-4-6-26-7-5-19/h8-10H,4-7,11H2,1-3H3. The summed E-state index contributed by atoms with van der Waals surface area (Å²) in [6.07, 6.45) is 1.66. The van der Waals surface area contributed by atoms with Crippen LogP contribution in [-0.2, 0) is 9.53 Å². The lowest BCUT2D eigenvalue weighted by Gasteiger charge is -2.29. The van der Waals surface area contributed by atoms with Crippen LogP contribution in [-0.4, -0.2) is 75.2 Å². The first-order valence-electron chi connectivity index (χ1n) is 8.43. The van der Waals surface area contributed by atoms with Crippen molar-refractivity contribution in [2.45, 2.75) is 0 Å². The SMILES string of the molecule is COc1cc(C=C2SC(=O)N(CN3CCOCC3)C2=O)cc(OC)c1OC. The second kappa shape index (κ2) is 8.64. The molecule has 0 bridgehead atoms. The lowest BCUT2D eigenvalue weighted by molar-refractivity contribution is -0.125. The molecule has 8 nitrogen and oxygen atoms in total. The molecule has 9 heteroatoms. The molecule has 0 N–H and O–H groups in total. The van der Waals surface area contributed by atoms with Crippen LogP contribution in [0, 0.1) is 0 Å². The number of carbonyl (C=O) groups is 2. The third-order valence-electron chi connectivity index (χ3n) is 4.30. The number of carbonyl (C=O) groups excluding carboxylic acids is 2. The van der Waals surface area contributed by atoms with Crippen LogP contribution < -0.4 is 14.2 Å². The largest absolute Gasteiger partial charge is 0.493 e. The maximum atomic E-state index is 12.7. The van der Waals surface area contributed by atoms with E-state index in [4.69, 9.17) is 18.9 Å². The van der Waals surface area contributed by atoms with Crippen molar-refractivity contribution in [2.24, 2.45) is 0 Å². The van der Waals surface area contributed by atoms with E-state index in [-0.39, 0.29) is 17.8 Å². The van der Waals surface area contributed by atoms with Crippen molar-refractivity contribution >= 4 is 29.0 Å². The Bertz CT molecular complexity index is 735. The molecule has 2 aliphatic heterocycles. The van der Waals surface area contributed by atoms with Gasteiger partial charge in [0.15, 0.2) is 11.5 Å². The zero-order chi connectivity index (χ0) is 19.4. The molecule has 1 aromatic carbocycles. The number of nitrogens with zero attached hydrogens (tertiary/aromatic N) is 2. The number of hydrogen-bond donors (Lipinski definition) is 0. The number of hydrogen-bond acceptors (Lipinski definition) is 8. The van der Waals surface area contributed by atoms with Crippen molar-refractivity contribution < 1.29 is 28.5 Å². The van der Waals surface area contributed by atoms with Gasteiger partial charge in [-0.15, -0.1) is 0 Å². The van der Waals surface area contributed by atoms with Gasteiger partial charge >= 0.3 is 0 Å². The minimum atomic E-state index is -0.301. The Balaban J connectivity index is 1.82. The van der Waals surface area contributed by atoms with Crippen LogP contribution >= 0.6 is 11.8 Å². The molecular formula is C18H22N2O6S. The molecule has 2 fully saturated rings. The average Bonchev–Trinajstić information content (AvgIpc) is 2.95. The molecule has 27 heavy (non-hydrogen) atoms. The van der Waals surface area contributed by atoms with Gasteiger partial charge in [-0.05, 0) is 35.5 Å². The van der Waals surface area contributed by atoms with Crippen molar-refractivity contribution in [3.05, 3.63) is 22.6 Å². The molecule has 2 amide bonds. The molecular weight excluding hydrogens is 372 g/mol. The van der Waals surface area contributed by atoms with Gasteiger partial charge in [-0.25, -0.2) is 0 Å². The quantitative estimate of drug-likeness (QED) is 0.679. The number of rotatable bonds is 6. The van der Waals surface area contributed by atoms with Crippen molar-refractivity contribution in [1.82, 2.24) is 9.80 Å². The maximum Gasteiger partial charge on any atom is 0.294 e. The third kappa shape index (κ3) is 4.20. The van der Waals surface area contributed by atoms with Gasteiger partial charge in [0.2, 0.25) is 5.75 Å². The highest BCUT2D eigenvalue weighted by Crippen LogP contribution is 2.40. The van der Waals surface area contributed by atoms with Crippen molar-refractivity contribution in [3.63, 3.8) is 0 Å². The monoisotopic (exact) mass is 394 g/mol. The summed E-state index contributed by atoms with van der Waals surface area (Å²) < 4.78 is 21.3. The second-order valence-electron chi connectivity index (χ2n) is 5.94. The van der Waals surface area contributed by atoms with Gasteiger partial charge in [-0.1, -0.05) is 0 Å². The Morgan fingerprint density at radius 2 is 1.70 bits per heavy atom. The molecule has 2 aliphatic rings. The lowest BCUT2D eigenvalue weighted by atomic mass is 10.1. The van der Waals surface area contributed by atoms with E-state index in [1.165, 1.54) is 26.2 Å². The first-order valence-corrected chi connectivity index (χ1v) is 9.24. The van der Waals surface area contributed by atoms with Gasteiger partial charge in [0.25, 0.3) is 11.1 Å². The summed E-state index contributed by atoms with van der Waals surface area (Å²) >= 11 is 0.930. The minimum Gasteiger partial charge on any atom is -0.493 e. The summed E-state index contributed by atoms with van der Waals surface area (Å²) in [5.41, 5.74) is 0.682. The van der Waals surface area contributed by atoms with E-state index in [1.54, 1.807) is 18.2 Å². The highest BCUT2D eigenvalue weighted by atomic mass is 32.2. The summed E-state index contributed by atoms with van der Waals surface area (Å²) in [4.78, 5) is 28.7. The molecule has 146 valence electrons. The van der Waals surface area contributed by atoms with Gasteiger partial charge in [0, 0.05) is 13.1 Å². The number of morpholine rings is 1. The smallest absolute Gasteiger partial charge is 0.294 e. The first-order chi connectivity index (χ1) is 13.1. The Morgan fingerprint density at radius 3 is 2.26 bits per heavy atom. The maximum absolute atomic E-state index is 12.7. The molecule has 3 rings (SSSR count). The molecule has 1 aromatic rings. The fourth-order valence-electron chi connectivity index (χ4n) is 2.90. The second-order valence-corrected chi connectivity index (χ2v) is 6.93. The van der Waals surface area contributed by atoms with Crippen LogP contribution in [0.15, 0.2) is 17.0 Å². The van der Waals surface area contributed by atoms with E-state index >= 15 is 0 Å². The van der Waals surface area contributed by atoms with Gasteiger partial charge < -0.3 is 18.9 Å². The fourth-order valence-corrected chi connectivity index (χ4v) is 3.73. The predicted octanol–water partition coefficient (Wildman–Crippen LogP) is 2.04. The Hall–Kier alpha value is -2.23. The van der Waals surface area contributed by atoms with E-state index < -0.39 is 0 Å². The number of imide groups is 1. The van der Waals surface area contributed by atoms with Gasteiger partial charge in [0.05, 0.1) is 46.1 Å². The first kappa shape index (κ1) is 19.5. The van der Waals surface area contributed by atoms with E-state index in [0.717, 1.165) is 11.8 Å². The number of ether oxygens (including phenoxy) is 4. The van der Waals surface area contributed by atoms with E-state index in [9.17, 15) is 9.59 Å². The van der Waals surface area contributed by atoms with Gasteiger partial charge in [-0.2, -0.15) is 0 Å². The number of benzene rings is 1. The highest BCUT2D eigenvalue weighted by molar-refractivity contribution is 8.18. The number of amides is 2. The molecule has 2 heterocycles. The molecule has 0 spiro atoms. The lowest BCUT2D eigenvalue weighted by Crippen LogP contribution is -2.45. The third-order valence-corrected chi connectivity index (χ3v) is 5.21. The van der Waals surface area contributed by atoms with Crippen LogP contribution in [0.4, 0.5) is 4.79 Å². The zero-order valence-corrected chi connectivity index (χ0v) is 16.3. The summed E-state index contributed by atoms with van der Waals surface area (Å²) in [6.45, 7) is 2.90. The molecule has 0 aliphatic carbocycles. The number of thioether (sulfide) groups is 1. The van der Waals surface area contributed by atoms with Crippen LogP contribution in [0.25, 0.3) is 6.08 Å². The molecule has 2 saturated heterocycles. The van der Waals surface area contributed by atoms with Crippen LogP contribution in [0.3, 0.4) is 0 Å². The zero-order valence-electron chi connectivity index (χ0n) is 15.5. The van der Waals surface area contributed by atoms with Gasteiger partial charge in [0.1, 0.15) is 0 Å². The summed E-state index contributed by atoms with van der Waals surface area (Å²) in [7, 11) is 4.58. The summed E-state index contributed by atoms with van der Waals surface area (Å²) in [6, 6.07) is 3.47. The highest BCUT2D eigenvalue weighted by Gasteiger charge is 2.36. The molecule has 0 unspecified atom stereocenters. The Kier molecular flexibility index (Phi) is 6.25. The van der Waals surface area contributed by atoms with E-state index in [1.807, 2.05) is 4.90 Å². The summed E-state index contributed by atoms with van der Waals surface area (Å²) in [5.74, 6) is 1.13. The van der Waals surface area contributed by atoms with Crippen LogP contribution in [0.5, 0.6) is 17.2 Å². The fraction of sp³-hybridized carbons (Fsp3) is 0.444. The summed E-state index contributed by atoms with van der Waals surface area (Å²) in [5, 5.41) is -0.273. The van der Waals surface area contributed by atoms with Crippen molar-refractivity contribution in [3.8, 4) is 17.2 Å². The van der Waals surface area contributed by atoms with Crippen LogP contribution in [0.1, 0.15) is 5.56 Å². The number of methoxy groups -OCH3 is 3. The minimum absolute atomic E-state index is 0.273. The topological polar surface area (TPSA) is 77.5 Å². The Labute approximate surface area is 162 Å². The molecule has 0 saturated carbocycles. The van der Waals surface area contributed by atoms with E-state index in [0.29, 0.717) is 54.0 Å².